The second-order valence-corrected chi connectivity index (χ2v) is 8.42. The summed E-state index contributed by atoms with van der Waals surface area (Å²) in [7, 11) is 1.75. The van der Waals surface area contributed by atoms with Crippen LogP contribution in [0, 0.1) is 6.92 Å². The fourth-order valence-electron chi connectivity index (χ4n) is 3.72. The molecule has 2 aliphatic heterocycles. The zero-order valence-corrected chi connectivity index (χ0v) is 15.8. The van der Waals surface area contributed by atoms with Crippen LogP contribution in [0.4, 0.5) is 4.79 Å². The van der Waals surface area contributed by atoms with Gasteiger partial charge in [0.1, 0.15) is 5.60 Å². The molecule has 0 saturated carbocycles. The summed E-state index contributed by atoms with van der Waals surface area (Å²) >= 11 is 1.67. The quantitative estimate of drug-likeness (QED) is 0.877. The Balaban J connectivity index is 1.46. The topological polar surface area (TPSA) is 78.5 Å². The van der Waals surface area contributed by atoms with Crippen LogP contribution in [0.3, 0.4) is 0 Å². The molecule has 2 fully saturated rings. The Labute approximate surface area is 155 Å². The van der Waals surface area contributed by atoms with Crippen LogP contribution in [0.15, 0.2) is 18.2 Å². The third-order valence-corrected chi connectivity index (χ3v) is 6.16. The zero-order chi connectivity index (χ0) is 18.3. The molecule has 0 aliphatic carbocycles. The molecule has 1 spiro atoms. The van der Waals surface area contributed by atoms with Gasteiger partial charge in [0.25, 0.3) is 5.91 Å². The van der Waals surface area contributed by atoms with E-state index in [1.54, 1.807) is 23.3 Å². The summed E-state index contributed by atoms with van der Waals surface area (Å²) in [5.74, 6) is -0.0736. The highest BCUT2D eigenvalue weighted by atomic mass is 32.1. The molecule has 138 valence electrons. The Kier molecular flexibility index (Phi) is 4.22. The first-order valence-corrected chi connectivity index (χ1v) is 9.63. The van der Waals surface area contributed by atoms with Gasteiger partial charge in [0, 0.05) is 31.4 Å². The van der Waals surface area contributed by atoms with Crippen molar-refractivity contribution in [3.8, 4) is 10.6 Å². The Hall–Kier alpha value is -2.35. The third kappa shape index (κ3) is 3.09. The SMILES string of the molecule is Cc1ccc(-c2cc(C(=O)N3CCC[C@@]4(CC3)CN(C)C(=O)O4)n[nH]2)s1. The predicted octanol–water partition coefficient (Wildman–Crippen LogP) is 2.89. The maximum absolute atomic E-state index is 12.9. The predicted molar refractivity (Wildman–Crippen MR) is 98.2 cm³/mol. The second kappa shape index (κ2) is 6.42. The molecule has 2 saturated heterocycles. The van der Waals surface area contributed by atoms with Gasteiger partial charge in [-0.1, -0.05) is 0 Å². The lowest BCUT2D eigenvalue weighted by Gasteiger charge is -2.25. The van der Waals surface area contributed by atoms with Crippen LogP contribution in [-0.4, -0.2) is 64.3 Å². The fourth-order valence-corrected chi connectivity index (χ4v) is 4.56. The first-order chi connectivity index (χ1) is 12.5. The van der Waals surface area contributed by atoms with Gasteiger partial charge in [-0.25, -0.2) is 4.79 Å². The molecule has 7 nitrogen and oxygen atoms in total. The molecule has 1 N–H and O–H groups in total. The number of likely N-dealkylation sites (N-methyl/N-ethyl adjacent to an activating group) is 1. The van der Waals surface area contributed by atoms with Crippen molar-refractivity contribution in [2.75, 3.05) is 26.7 Å². The largest absolute Gasteiger partial charge is 0.441 e. The summed E-state index contributed by atoms with van der Waals surface area (Å²) in [6.07, 6.45) is 1.99. The van der Waals surface area contributed by atoms with Gasteiger partial charge in [-0.2, -0.15) is 5.10 Å². The lowest BCUT2D eigenvalue weighted by molar-refractivity contribution is 0.0438. The second-order valence-electron chi connectivity index (χ2n) is 7.13. The van der Waals surface area contributed by atoms with E-state index < -0.39 is 5.60 Å². The van der Waals surface area contributed by atoms with Crippen molar-refractivity contribution in [1.82, 2.24) is 20.0 Å². The summed E-state index contributed by atoms with van der Waals surface area (Å²) in [5, 5.41) is 7.19. The number of hydrogen-bond donors (Lipinski definition) is 1. The number of H-pyrrole nitrogens is 1. The van der Waals surface area contributed by atoms with Gasteiger partial charge in [-0.05, 0) is 38.0 Å². The maximum atomic E-state index is 12.9. The van der Waals surface area contributed by atoms with E-state index in [-0.39, 0.29) is 12.0 Å². The molecule has 2 amide bonds. The number of aryl methyl sites for hydroxylation is 1. The Morgan fingerprint density at radius 1 is 1.35 bits per heavy atom. The maximum Gasteiger partial charge on any atom is 0.410 e. The first kappa shape index (κ1) is 17.1. The number of carbonyl (C=O) groups excluding carboxylic acids is 2. The monoisotopic (exact) mass is 374 g/mol. The summed E-state index contributed by atoms with van der Waals surface area (Å²) in [6, 6.07) is 5.90. The number of rotatable bonds is 2. The molecule has 26 heavy (non-hydrogen) atoms. The highest BCUT2D eigenvalue weighted by molar-refractivity contribution is 7.15. The summed E-state index contributed by atoms with van der Waals surface area (Å²) < 4.78 is 5.61. The minimum absolute atomic E-state index is 0.0736. The van der Waals surface area contributed by atoms with E-state index in [0.717, 1.165) is 23.4 Å². The van der Waals surface area contributed by atoms with Crippen LogP contribution in [0.25, 0.3) is 10.6 Å². The van der Waals surface area contributed by atoms with Crippen LogP contribution < -0.4 is 0 Å². The van der Waals surface area contributed by atoms with Gasteiger partial charge in [-0.15, -0.1) is 11.3 Å². The molecule has 0 radical (unpaired) electrons. The van der Waals surface area contributed by atoms with Crippen molar-refractivity contribution in [3.63, 3.8) is 0 Å². The molecule has 0 unspecified atom stereocenters. The van der Waals surface area contributed by atoms with Gasteiger partial charge in [-0.3, -0.25) is 9.89 Å². The molecule has 1 atom stereocenters. The van der Waals surface area contributed by atoms with Gasteiger partial charge in [0.15, 0.2) is 5.69 Å². The van der Waals surface area contributed by atoms with Crippen molar-refractivity contribution < 1.29 is 14.3 Å². The van der Waals surface area contributed by atoms with Crippen LogP contribution >= 0.6 is 11.3 Å². The number of amides is 2. The van der Waals surface area contributed by atoms with E-state index in [4.69, 9.17) is 4.74 Å². The Bertz CT molecular complexity index is 845. The molecular formula is C18H22N4O3S. The van der Waals surface area contributed by atoms with Gasteiger partial charge in [0.05, 0.1) is 17.1 Å². The minimum Gasteiger partial charge on any atom is -0.441 e. The van der Waals surface area contributed by atoms with Crippen molar-refractivity contribution >= 4 is 23.3 Å². The molecule has 4 heterocycles. The number of ether oxygens (including phenoxy) is 1. The van der Waals surface area contributed by atoms with Gasteiger partial charge in [0.2, 0.25) is 0 Å². The van der Waals surface area contributed by atoms with E-state index in [2.05, 4.69) is 23.2 Å². The van der Waals surface area contributed by atoms with Crippen LogP contribution in [-0.2, 0) is 4.74 Å². The third-order valence-electron chi connectivity index (χ3n) is 5.13. The Morgan fingerprint density at radius 3 is 2.88 bits per heavy atom. The molecule has 2 aromatic heterocycles. The summed E-state index contributed by atoms with van der Waals surface area (Å²) in [6.45, 7) is 3.87. The van der Waals surface area contributed by atoms with E-state index in [1.807, 2.05) is 17.0 Å². The van der Waals surface area contributed by atoms with Crippen molar-refractivity contribution in [2.24, 2.45) is 0 Å². The first-order valence-electron chi connectivity index (χ1n) is 8.81. The number of likely N-dealkylation sites (tertiary alicyclic amines) is 1. The van der Waals surface area contributed by atoms with Gasteiger partial charge < -0.3 is 14.5 Å². The van der Waals surface area contributed by atoms with Crippen molar-refractivity contribution in [2.45, 2.75) is 31.8 Å². The molecule has 2 aromatic rings. The molecule has 2 aliphatic rings. The van der Waals surface area contributed by atoms with E-state index in [9.17, 15) is 9.59 Å². The van der Waals surface area contributed by atoms with Crippen molar-refractivity contribution in [1.29, 1.82) is 0 Å². The highest BCUT2D eigenvalue weighted by Gasteiger charge is 2.44. The number of hydrogen-bond acceptors (Lipinski definition) is 5. The molecule has 8 heteroatoms. The average molecular weight is 374 g/mol. The number of nitrogens with one attached hydrogen (secondary N) is 1. The highest BCUT2D eigenvalue weighted by Crippen LogP contribution is 2.33. The summed E-state index contributed by atoms with van der Waals surface area (Å²) in [4.78, 5) is 30.3. The number of aromatic amines is 1. The molecule has 0 aromatic carbocycles. The lowest BCUT2D eigenvalue weighted by Crippen LogP contribution is -2.37. The minimum atomic E-state index is -0.452. The number of thiophene rings is 1. The molecule has 4 rings (SSSR count). The van der Waals surface area contributed by atoms with E-state index in [1.165, 1.54) is 4.88 Å². The van der Waals surface area contributed by atoms with Gasteiger partial charge >= 0.3 is 6.09 Å². The average Bonchev–Trinajstić information content (AvgIpc) is 3.27. The standard InChI is InChI=1S/C18H22N4O3S/c1-12-4-5-15(26-12)13-10-14(20-19-13)16(23)22-8-3-6-18(7-9-22)11-21(2)17(24)25-18/h4-5,10H,3,6-9,11H2,1-2H3,(H,19,20)/t18-/m1/s1. The zero-order valence-electron chi connectivity index (χ0n) is 14.9. The van der Waals surface area contributed by atoms with Crippen LogP contribution in [0.1, 0.15) is 34.6 Å². The molecular weight excluding hydrogens is 352 g/mol. The summed E-state index contributed by atoms with van der Waals surface area (Å²) in [5.41, 5.74) is 0.846. The number of nitrogens with zero attached hydrogens (tertiary/aromatic N) is 3. The number of aromatic nitrogens is 2. The fraction of sp³-hybridized carbons (Fsp3) is 0.500. The van der Waals surface area contributed by atoms with Crippen LogP contribution in [0.5, 0.6) is 0 Å². The smallest absolute Gasteiger partial charge is 0.410 e. The number of carbonyl (C=O) groups is 2. The van der Waals surface area contributed by atoms with Crippen LogP contribution in [0.2, 0.25) is 0 Å². The van der Waals surface area contributed by atoms with Crippen molar-refractivity contribution in [3.05, 3.63) is 28.8 Å². The van der Waals surface area contributed by atoms with E-state index >= 15 is 0 Å². The normalized spacial score (nSPS) is 23.4. The molecule has 0 bridgehead atoms. The Morgan fingerprint density at radius 2 is 2.19 bits per heavy atom. The van der Waals surface area contributed by atoms with E-state index in [0.29, 0.717) is 31.7 Å². The lowest BCUT2D eigenvalue weighted by atomic mass is 9.95.